The molecule has 1 aromatic carbocycles. The van der Waals surface area contributed by atoms with Crippen LogP contribution in [0.15, 0.2) is 42.7 Å². The Morgan fingerprint density at radius 1 is 1.05 bits per heavy atom. The van der Waals surface area contributed by atoms with E-state index in [1.165, 1.54) is 6.07 Å². The lowest BCUT2D eigenvalue weighted by molar-refractivity contribution is 0.0542. The first-order valence-electron chi connectivity index (χ1n) is 13.9. The molecule has 4 aromatic heterocycles. The summed E-state index contributed by atoms with van der Waals surface area (Å²) in [5.41, 5.74) is 5.14. The van der Waals surface area contributed by atoms with Crippen LogP contribution in [-0.4, -0.2) is 55.8 Å². The van der Waals surface area contributed by atoms with Crippen molar-refractivity contribution >= 4 is 27.6 Å². The van der Waals surface area contributed by atoms with Gasteiger partial charge in [0.15, 0.2) is 5.82 Å². The van der Waals surface area contributed by atoms with Crippen molar-refractivity contribution < 1.29 is 13.5 Å². The van der Waals surface area contributed by atoms with E-state index in [9.17, 15) is 0 Å². The summed E-state index contributed by atoms with van der Waals surface area (Å²) in [7, 11) is 1.84. The number of fused-ring (bicyclic) bond motifs is 3. The zero-order valence-corrected chi connectivity index (χ0v) is 22.6. The molecule has 0 saturated carbocycles. The minimum Gasteiger partial charge on any atom is -0.381 e. The van der Waals surface area contributed by atoms with E-state index in [-0.39, 0.29) is 11.7 Å². The number of aryl methyl sites for hydroxylation is 2. The van der Waals surface area contributed by atoms with Crippen LogP contribution in [0.4, 0.5) is 14.5 Å². The number of rotatable bonds is 5. The number of benzene rings is 1. The lowest BCUT2D eigenvalue weighted by atomic mass is 9.88. The maximum absolute atomic E-state index is 16.8. The molecule has 7 rings (SSSR count). The molecule has 206 valence electrons. The third-order valence-electron chi connectivity index (χ3n) is 8.49. The van der Waals surface area contributed by atoms with Gasteiger partial charge in [0, 0.05) is 56.7 Å². The highest BCUT2D eigenvalue weighted by atomic mass is 19.1. The van der Waals surface area contributed by atoms with Gasteiger partial charge in [0.1, 0.15) is 5.82 Å². The van der Waals surface area contributed by atoms with Gasteiger partial charge in [-0.25, -0.2) is 13.5 Å². The van der Waals surface area contributed by atoms with E-state index in [4.69, 9.17) is 9.72 Å². The van der Waals surface area contributed by atoms with Crippen molar-refractivity contribution in [1.82, 2.24) is 29.5 Å². The van der Waals surface area contributed by atoms with E-state index in [1.807, 2.05) is 36.7 Å². The van der Waals surface area contributed by atoms with E-state index in [0.29, 0.717) is 53.9 Å². The van der Waals surface area contributed by atoms with Crippen LogP contribution in [0.2, 0.25) is 0 Å². The predicted molar refractivity (Wildman–Crippen MR) is 149 cm³/mol. The van der Waals surface area contributed by atoms with Gasteiger partial charge in [-0.2, -0.15) is 0 Å². The molecule has 2 aliphatic rings. The summed E-state index contributed by atoms with van der Waals surface area (Å²) in [5.74, 6) is -0.706. The molecule has 6 heterocycles. The monoisotopic (exact) mass is 543 g/mol. The first-order valence-corrected chi connectivity index (χ1v) is 13.9. The highest BCUT2D eigenvalue weighted by Gasteiger charge is 2.34. The Morgan fingerprint density at radius 2 is 1.85 bits per heavy atom. The number of anilines is 1. The standard InChI is InChI=1S/C30H31F2N7O/c1-18-28(37(2)36-35-18)20-16-24-26(34-17-20)21-7-8-23(38-12-3-4-13-38)25(32)30(21)39(24)29(19-9-14-40-15-10-19)27-22(31)6-5-11-33-27/h5-8,11,16-17,19,29H,3-4,9-10,12-15H2,1-2H3/t29-/m0/s1. The largest absolute Gasteiger partial charge is 0.381 e. The fraction of sp³-hybridized carbons (Fsp3) is 0.400. The van der Waals surface area contributed by atoms with Gasteiger partial charge >= 0.3 is 0 Å². The SMILES string of the molecule is Cc1nnn(C)c1-c1cnc2c3ccc(N4CCCC4)c(F)c3n([C@H](c3ncccc3F)C3CCOCC3)c2c1. The van der Waals surface area contributed by atoms with Gasteiger partial charge in [0.2, 0.25) is 0 Å². The molecule has 0 amide bonds. The summed E-state index contributed by atoms with van der Waals surface area (Å²) >= 11 is 0. The molecule has 5 aromatic rings. The molecule has 10 heteroatoms. The van der Waals surface area contributed by atoms with E-state index in [2.05, 4.69) is 20.2 Å². The zero-order valence-electron chi connectivity index (χ0n) is 22.6. The van der Waals surface area contributed by atoms with Gasteiger partial charge in [-0.15, -0.1) is 5.10 Å². The summed E-state index contributed by atoms with van der Waals surface area (Å²) in [6.07, 6.45) is 6.90. The van der Waals surface area contributed by atoms with Crippen LogP contribution < -0.4 is 4.90 Å². The van der Waals surface area contributed by atoms with E-state index in [0.717, 1.165) is 48.4 Å². The van der Waals surface area contributed by atoms with Gasteiger partial charge in [0.25, 0.3) is 0 Å². The second-order valence-corrected chi connectivity index (χ2v) is 10.9. The molecule has 0 aliphatic carbocycles. The van der Waals surface area contributed by atoms with Gasteiger partial charge in [-0.1, -0.05) is 5.21 Å². The lowest BCUT2D eigenvalue weighted by Crippen LogP contribution is -2.28. The predicted octanol–water partition coefficient (Wildman–Crippen LogP) is 5.58. The minimum absolute atomic E-state index is 0.00412. The van der Waals surface area contributed by atoms with Crippen LogP contribution in [0.1, 0.15) is 43.1 Å². The quantitative estimate of drug-likeness (QED) is 0.288. The van der Waals surface area contributed by atoms with Crippen LogP contribution in [0.3, 0.4) is 0 Å². The van der Waals surface area contributed by atoms with Crippen molar-refractivity contribution in [2.24, 2.45) is 13.0 Å². The number of hydrogen-bond acceptors (Lipinski definition) is 6. The van der Waals surface area contributed by atoms with Crippen LogP contribution in [0.5, 0.6) is 0 Å². The Balaban J connectivity index is 1.57. The summed E-state index contributed by atoms with van der Waals surface area (Å²) in [5, 5.41) is 9.09. The molecule has 0 bridgehead atoms. The summed E-state index contributed by atoms with van der Waals surface area (Å²) in [6.45, 7) is 4.67. The van der Waals surface area contributed by atoms with Crippen LogP contribution in [0.25, 0.3) is 33.2 Å². The van der Waals surface area contributed by atoms with E-state index < -0.39 is 11.9 Å². The minimum atomic E-state index is -0.545. The molecule has 8 nitrogen and oxygen atoms in total. The summed E-state index contributed by atoms with van der Waals surface area (Å²) < 4.78 is 41.8. The van der Waals surface area contributed by atoms with Gasteiger partial charge in [-0.05, 0) is 68.9 Å². The number of aromatic nitrogens is 6. The molecule has 0 spiro atoms. The van der Waals surface area contributed by atoms with Crippen LogP contribution in [0, 0.1) is 24.5 Å². The molecule has 0 unspecified atom stereocenters. The van der Waals surface area contributed by atoms with Gasteiger partial charge in [0.05, 0.1) is 45.4 Å². The Morgan fingerprint density at radius 3 is 2.58 bits per heavy atom. The van der Waals surface area contributed by atoms with Crippen LogP contribution >= 0.6 is 0 Å². The Bertz CT molecular complexity index is 1700. The molecule has 2 aliphatic heterocycles. The molecule has 0 N–H and O–H groups in total. The topological polar surface area (TPSA) is 73.9 Å². The lowest BCUT2D eigenvalue weighted by Gasteiger charge is -2.32. The highest BCUT2D eigenvalue weighted by molar-refractivity contribution is 6.08. The molecule has 2 saturated heterocycles. The highest BCUT2D eigenvalue weighted by Crippen LogP contribution is 2.43. The fourth-order valence-corrected chi connectivity index (χ4v) is 6.63. The Kier molecular flexibility index (Phi) is 6.22. The van der Waals surface area contributed by atoms with E-state index >= 15 is 8.78 Å². The molecule has 0 radical (unpaired) electrons. The van der Waals surface area contributed by atoms with Crippen molar-refractivity contribution in [3.8, 4) is 11.3 Å². The average Bonchev–Trinajstić information content (AvgIpc) is 3.69. The number of halogens is 2. The number of hydrogen-bond donors (Lipinski definition) is 0. The summed E-state index contributed by atoms with van der Waals surface area (Å²) in [6, 6.07) is 8.32. The van der Waals surface area contributed by atoms with Crippen molar-refractivity contribution in [2.75, 3.05) is 31.2 Å². The first kappa shape index (κ1) is 25.1. The van der Waals surface area contributed by atoms with Crippen molar-refractivity contribution in [2.45, 2.75) is 38.6 Å². The molecule has 40 heavy (non-hydrogen) atoms. The molecular weight excluding hydrogens is 512 g/mol. The summed E-state index contributed by atoms with van der Waals surface area (Å²) in [4.78, 5) is 11.5. The Hall–Kier alpha value is -3.92. The maximum atomic E-state index is 16.8. The second kappa shape index (κ2) is 9.92. The average molecular weight is 544 g/mol. The van der Waals surface area contributed by atoms with Crippen molar-refractivity contribution in [1.29, 1.82) is 0 Å². The maximum Gasteiger partial charge on any atom is 0.170 e. The molecule has 2 fully saturated rings. The normalized spacial score (nSPS) is 17.4. The number of pyridine rings is 2. The van der Waals surface area contributed by atoms with Crippen molar-refractivity contribution in [3.63, 3.8) is 0 Å². The number of ether oxygens (including phenoxy) is 1. The second-order valence-electron chi connectivity index (χ2n) is 10.9. The Labute approximate surface area is 230 Å². The van der Waals surface area contributed by atoms with E-state index in [1.54, 1.807) is 23.1 Å². The van der Waals surface area contributed by atoms with Crippen LogP contribution in [-0.2, 0) is 11.8 Å². The zero-order chi connectivity index (χ0) is 27.4. The smallest absolute Gasteiger partial charge is 0.170 e. The third kappa shape index (κ3) is 3.96. The van der Waals surface area contributed by atoms with Gasteiger partial charge < -0.3 is 14.2 Å². The first-order chi connectivity index (χ1) is 19.5. The number of nitrogens with zero attached hydrogens (tertiary/aromatic N) is 7. The van der Waals surface area contributed by atoms with Gasteiger partial charge in [-0.3, -0.25) is 9.97 Å². The fourth-order valence-electron chi connectivity index (χ4n) is 6.63. The molecular formula is C30H31F2N7O. The molecule has 1 atom stereocenters. The van der Waals surface area contributed by atoms with Crippen molar-refractivity contribution in [3.05, 3.63) is 65.7 Å². The third-order valence-corrected chi connectivity index (χ3v) is 8.49.